The van der Waals surface area contributed by atoms with E-state index in [1.165, 1.54) is 42.4 Å². The minimum atomic E-state index is 0.410. The van der Waals surface area contributed by atoms with E-state index in [0.717, 1.165) is 17.6 Å². The number of hydrogen-bond donors (Lipinski definition) is 1. The lowest BCUT2D eigenvalue weighted by Crippen LogP contribution is -2.30. The van der Waals surface area contributed by atoms with Crippen molar-refractivity contribution in [2.24, 2.45) is 11.8 Å². The van der Waals surface area contributed by atoms with Crippen molar-refractivity contribution in [3.05, 3.63) is 28.8 Å². The van der Waals surface area contributed by atoms with Crippen LogP contribution in [0.1, 0.15) is 55.3 Å². The molecule has 1 saturated carbocycles. The van der Waals surface area contributed by atoms with Crippen molar-refractivity contribution in [1.29, 1.82) is 0 Å². The van der Waals surface area contributed by atoms with Crippen LogP contribution in [0, 0.1) is 25.7 Å². The quantitative estimate of drug-likeness (QED) is 0.879. The maximum absolute atomic E-state index is 5.67. The van der Waals surface area contributed by atoms with Gasteiger partial charge in [-0.25, -0.2) is 0 Å². The highest BCUT2D eigenvalue weighted by Gasteiger charge is 2.29. The molecular formula is C18H29NO. The molecule has 0 aliphatic heterocycles. The average molecular weight is 275 g/mol. The number of aryl methyl sites for hydroxylation is 2. The normalized spacial score (nSPS) is 24.4. The van der Waals surface area contributed by atoms with Gasteiger partial charge in [0.05, 0.1) is 7.11 Å². The Balaban J connectivity index is 2.36. The second-order valence-electron chi connectivity index (χ2n) is 6.50. The molecule has 1 N–H and O–H groups in total. The Kier molecular flexibility index (Phi) is 5.09. The van der Waals surface area contributed by atoms with Crippen molar-refractivity contribution >= 4 is 0 Å². The predicted molar refractivity (Wildman–Crippen MR) is 85.4 cm³/mol. The summed E-state index contributed by atoms with van der Waals surface area (Å²) in [6.07, 6.45) is 5.39. The monoisotopic (exact) mass is 275 g/mol. The van der Waals surface area contributed by atoms with E-state index in [1.54, 1.807) is 7.11 Å². The molecule has 1 aromatic rings. The van der Waals surface area contributed by atoms with Gasteiger partial charge in [0.1, 0.15) is 5.75 Å². The number of rotatable bonds is 4. The first-order valence-corrected chi connectivity index (χ1v) is 7.89. The summed E-state index contributed by atoms with van der Waals surface area (Å²) in [5.74, 6) is 2.61. The van der Waals surface area contributed by atoms with Crippen LogP contribution < -0.4 is 10.1 Å². The number of benzene rings is 1. The van der Waals surface area contributed by atoms with Crippen LogP contribution in [0.15, 0.2) is 12.1 Å². The number of methoxy groups -OCH3 is 1. The Bertz CT molecular complexity index is 455. The van der Waals surface area contributed by atoms with Gasteiger partial charge in [0.15, 0.2) is 0 Å². The Labute approximate surface area is 123 Å². The summed E-state index contributed by atoms with van der Waals surface area (Å²) >= 11 is 0. The Morgan fingerprint density at radius 2 is 2.00 bits per heavy atom. The number of nitrogens with one attached hydrogen (secondary N) is 1. The average Bonchev–Trinajstić information content (AvgIpc) is 2.41. The molecule has 20 heavy (non-hydrogen) atoms. The van der Waals surface area contributed by atoms with Crippen molar-refractivity contribution < 1.29 is 4.74 Å². The van der Waals surface area contributed by atoms with E-state index in [9.17, 15) is 0 Å². The molecular weight excluding hydrogens is 246 g/mol. The van der Waals surface area contributed by atoms with E-state index in [0.29, 0.717) is 6.04 Å². The zero-order valence-corrected chi connectivity index (χ0v) is 13.6. The van der Waals surface area contributed by atoms with Crippen LogP contribution in [0.5, 0.6) is 5.75 Å². The fourth-order valence-electron chi connectivity index (χ4n) is 3.91. The van der Waals surface area contributed by atoms with E-state index < -0.39 is 0 Å². The zero-order valence-electron chi connectivity index (χ0n) is 13.6. The molecule has 0 amide bonds. The molecule has 112 valence electrons. The van der Waals surface area contributed by atoms with Crippen molar-refractivity contribution in [2.45, 2.75) is 52.5 Å². The molecule has 0 spiro atoms. The lowest BCUT2D eigenvalue weighted by molar-refractivity contribution is 0.226. The van der Waals surface area contributed by atoms with Crippen molar-refractivity contribution in [2.75, 3.05) is 14.2 Å². The molecule has 1 aliphatic carbocycles. The summed E-state index contributed by atoms with van der Waals surface area (Å²) in [4.78, 5) is 0. The molecule has 1 aliphatic rings. The highest BCUT2D eigenvalue weighted by molar-refractivity contribution is 5.45. The smallest absolute Gasteiger partial charge is 0.124 e. The van der Waals surface area contributed by atoms with E-state index >= 15 is 0 Å². The molecule has 0 saturated heterocycles. The number of ether oxygens (including phenoxy) is 1. The van der Waals surface area contributed by atoms with Crippen LogP contribution in [0.2, 0.25) is 0 Å². The summed E-state index contributed by atoms with van der Waals surface area (Å²) < 4.78 is 5.67. The van der Waals surface area contributed by atoms with Gasteiger partial charge in [-0.05, 0) is 62.8 Å². The third kappa shape index (κ3) is 3.17. The Morgan fingerprint density at radius 3 is 2.60 bits per heavy atom. The van der Waals surface area contributed by atoms with Gasteiger partial charge in [-0.15, -0.1) is 0 Å². The molecule has 0 aromatic heterocycles. The zero-order chi connectivity index (χ0) is 14.7. The standard InChI is InChI=1S/C18H29NO/c1-12-7-6-8-15(10-12)18(19-4)17-14(3)9-13(2)11-16(17)20-5/h9,11-12,15,18-19H,6-8,10H2,1-5H3. The summed E-state index contributed by atoms with van der Waals surface area (Å²) in [5, 5.41) is 3.56. The van der Waals surface area contributed by atoms with Crippen LogP contribution in [0.25, 0.3) is 0 Å². The van der Waals surface area contributed by atoms with Crippen LogP contribution in [0.4, 0.5) is 0 Å². The molecule has 2 heteroatoms. The third-order valence-corrected chi connectivity index (χ3v) is 4.78. The third-order valence-electron chi connectivity index (χ3n) is 4.78. The molecule has 2 rings (SSSR count). The molecule has 0 bridgehead atoms. The van der Waals surface area contributed by atoms with Crippen molar-refractivity contribution in [3.8, 4) is 5.75 Å². The summed E-state index contributed by atoms with van der Waals surface area (Å²) in [7, 11) is 3.87. The predicted octanol–water partition coefficient (Wildman–Crippen LogP) is 4.40. The van der Waals surface area contributed by atoms with Crippen molar-refractivity contribution in [3.63, 3.8) is 0 Å². The second kappa shape index (κ2) is 6.62. The summed E-state index contributed by atoms with van der Waals surface area (Å²) in [6, 6.07) is 4.85. The lowest BCUT2D eigenvalue weighted by Gasteiger charge is -2.35. The highest BCUT2D eigenvalue weighted by atomic mass is 16.5. The first-order chi connectivity index (χ1) is 9.56. The number of hydrogen-bond acceptors (Lipinski definition) is 2. The highest BCUT2D eigenvalue weighted by Crippen LogP contribution is 2.41. The van der Waals surface area contributed by atoms with Gasteiger partial charge in [-0.2, -0.15) is 0 Å². The summed E-state index contributed by atoms with van der Waals surface area (Å²) in [6.45, 7) is 6.73. The SMILES string of the molecule is CNC(c1c(C)cc(C)cc1OC)C1CCCC(C)C1. The van der Waals surface area contributed by atoms with Gasteiger partial charge in [-0.1, -0.05) is 25.8 Å². The van der Waals surface area contributed by atoms with Gasteiger partial charge in [0.2, 0.25) is 0 Å². The Hall–Kier alpha value is -1.02. The van der Waals surface area contributed by atoms with Gasteiger partial charge in [0.25, 0.3) is 0 Å². The van der Waals surface area contributed by atoms with Gasteiger partial charge >= 0.3 is 0 Å². The minimum absolute atomic E-state index is 0.410. The molecule has 1 fully saturated rings. The maximum Gasteiger partial charge on any atom is 0.124 e. The summed E-state index contributed by atoms with van der Waals surface area (Å²) in [5.41, 5.74) is 3.98. The fourth-order valence-corrected chi connectivity index (χ4v) is 3.91. The molecule has 2 nitrogen and oxygen atoms in total. The van der Waals surface area contributed by atoms with Crippen LogP contribution >= 0.6 is 0 Å². The van der Waals surface area contributed by atoms with E-state index in [4.69, 9.17) is 4.74 Å². The maximum atomic E-state index is 5.67. The first-order valence-electron chi connectivity index (χ1n) is 7.89. The van der Waals surface area contributed by atoms with Crippen LogP contribution in [0.3, 0.4) is 0 Å². The van der Waals surface area contributed by atoms with E-state index in [1.807, 2.05) is 0 Å². The van der Waals surface area contributed by atoms with Gasteiger partial charge in [-0.3, -0.25) is 0 Å². The topological polar surface area (TPSA) is 21.3 Å². The molecule has 0 heterocycles. The molecule has 3 atom stereocenters. The van der Waals surface area contributed by atoms with Gasteiger partial charge < -0.3 is 10.1 Å². The van der Waals surface area contributed by atoms with E-state index in [-0.39, 0.29) is 0 Å². The van der Waals surface area contributed by atoms with Crippen LogP contribution in [-0.2, 0) is 0 Å². The van der Waals surface area contributed by atoms with Gasteiger partial charge in [0, 0.05) is 11.6 Å². The van der Waals surface area contributed by atoms with Crippen molar-refractivity contribution in [1.82, 2.24) is 5.32 Å². The minimum Gasteiger partial charge on any atom is -0.496 e. The first kappa shape index (κ1) is 15.4. The largest absolute Gasteiger partial charge is 0.496 e. The van der Waals surface area contributed by atoms with Crippen LogP contribution in [-0.4, -0.2) is 14.2 Å². The molecule has 3 unspecified atom stereocenters. The Morgan fingerprint density at radius 1 is 1.25 bits per heavy atom. The lowest BCUT2D eigenvalue weighted by atomic mass is 9.75. The van der Waals surface area contributed by atoms with E-state index in [2.05, 4.69) is 45.3 Å². The molecule has 0 radical (unpaired) electrons. The molecule has 1 aromatic carbocycles. The fraction of sp³-hybridized carbons (Fsp3) is 0.667. The second-order valence-corrected chi connectivity index (χ2v) is 6.50.